The van der Waals surface area contributed by atoms with Gasteiger partial charge < -0.3 is 5.73 Å². The lowest BCUT2D eigenvalue weighted by atomic mass is 10.2. The maximum atomic E-state index is 6.23. The van der Waals surface area contributed by atoms with E-state index in [9.17, 15) is 0 Å². The van der Waals surface area contributed by atoms with Gasteiger partial charge in [-0.1, -0.05) is 25.1 Å². The average molecular weight is 290 g/mol. The normalized spacial score (nSPS) is 12.6. The molecule has 0 spiro atoms. The summed E-state index contributed by atoms with van der Waals surface area (Å²) in [6.45, 7) is 5.18. The highest BCUT2D eigenvalue weighted by molar-refractivity contribution is 7.99. The Morgan fingerprint density at radius 3 is 2.90 bits per heavy atom. The number of hydrogen-bond donors (Lipinski definition) is 1. The van der Waals surface area contributed by atoms with Gasteiger partial charge in [-0.15, -0.1) is 11.8 Å². The fraction of sp³-hybridized carbons (Fsp3) is 0.467. The van der Waals surface area contributed by atoms with Gasteiger partial charge in [0.25, 0.3) is 0 Å². The Bertz CT molecular complexity index is 538. The molecule has 2 rings (SSSR count). The van der Waals surface area contributed by atoms with Crippen LogP contribution in [-0.4, -0.2) is 26.6 Å². The zero-order chi connectivity index (χ0) is 14.4. The summed E-state index contributed by atoms with van der Waals surface area (Å²) < 4.78 is 1.96. The minimum Gasteiger partial charge on any atom is -0.327 e. The average Bonchev–Trinajstić information content (AvgIpc) is 2.86. The quantitative estimate of drug-likeness (QED) is 0.797. The second kappa shape index (κ2) is 7.45. The molecule has 0 aliphatic carbocycles. The van der Waals surface area contributed by atoms with Gasteiger partial charge in [0.1, 0.15) is 12.2 Å². The molecule has 0 radical (unpaired) electrons. The van der Waals surface area contributed by atoms with Gasteiger partial charge in [0, 0.05) is 29.7 Å². The molecule has 1 aromatic heterocycles. The lowest BCUT2D eigenvalue weighted by Gasteiger charge is -2.12. The molecule has 0 amide bonds. The SMILES string of the molecule is CCCn1ncnc1CC(N)CSc1ccccc1C. The fourth-order valence-corrected chi connectivity index (χ4v) is 3.04. The number of rotatable bonds is 7. The Balaban J connectivity index is 1.88. The summed E-state index contributed by atoms with van der Waals surface area (Å²) in [5.41, 5.74) is 7.53. The van der Waals surface area contributed by atoms with Crippen LogP contribution in [0.2, 0.25) is 0 Å². The van der Waals surface area contributed by atoms with Gasteiger partial charge >= 0.3 is 0 Å². The molecule has 2 N–H and O–H groups in total. The molecule has 0 fully saturated rings. The first-order valence-electron chi connectivity index (χ1n) is 7.01. The number of aromatic nitrogens is 3. The lowest BCUT2D eigenvalue weighted by molar-refractivity contribution is 0.553. The van der Waals surface area contributed by atoms with Gasteiger partial charge in [-0.2, -0.15) is 5.10 Å². The van der Waals surface area contributed by atoms with Crippen molar-refractivity contribution in [2.24, 2.45) is 5.73 Å². The minimum atomic E-state index is 0.0967. The van der Waals surface area contributed by atoms with E-state index in [1.807, 2.05) is 16.4 Å². The molecule has 2 aromatic rings. The molecule has 1 unspecified atom stereocenters. The van der Waals surface area contributed by atoms with Crippen molar-refractivity contribution in [3.05, 3.63) is 42.0 Å². The molecule has 0 bridgehead atoms. The highest BCUT2D eigenvalue weighted by atomic mass is 32.2. The molecule has 1 atom stereocenters. The van der Waals surface area contributed by atoms with E-state index in [4.69, 9.17) is 5.73 Å². The Morgan fingerprint density at radius 1 is 1.35 bits per heavy atom. The predicted octanol–water partition coefficient (Wildman–Crippen LogP) is 2.66. The molecule has 5 heteroatoms. The molecule has 0 aliphatic heterocycles. The molecule has 20 heavy (non-hydrogen) atoms. The van der Waals surface area contributed by atoms with Crippen molar-refractivity contribution in [2.75, 3.05) is 5.75 Å². The van der Waals surface area contributed by atoms with Crippen molar-refractivity contribution in [3.63, 3.8) is 0 Å². The van der Waals surface area contributed by atoms with Crippen LogP contribution in [0.15, 0.2) is 35.5 Å². The van der Waals surface area contributed by atoms with Crippen LogP contribution in [0.5, 0.6) is 0 Å². The Morgan fingerprint density at radius 2 is 2.15 bits per heavy atom. The van der Waals surface area contributed by atoms with Crippen molar-refractivity contribution in [1.29, 1.82) is 0 Å². The first-order chi connectivity index (χ1) is 9.70. The molecule has 0 saturated carbocycles. The Hall–Kier alpha value is -1.33. The maximum Gasteiger partial charge on any atom is 0.138 e. The number of nitrogens with two attached hydrogens (primary N) is 1. The fourth-order valence-electron chi connectivity index (χ4n) is 2.05. The van der Waals surface area contributed by atoms with Crippen molar-refractivity contribution in [3.8, 4) is 0 Å². The van der Waals surface area contributed by atoms with Crippen molar-refractivity contribution in [2.45, 2.75) is 44.2 Å². The van der Waals surface area contributed by atoms with Crippen LogP contribution < -0.4 is 5.73 Å². The van der Waals surface area contributed by atoms with Crippen LogP contribution >= 0.6 is 11.8 Å². The summed E-state index contributed by atoms with van der Waals surface area (Å²) in [4.78, 5) is 5.61. The number of benzene rings is 1. The third-order valence-corrected chi connectivity index (χ3v) is 4.49. The van der Waals surface area contributed by atoms with Gasteiger partial charge in [0.15, 0.2) is 0 Å². The third kappa shape index (κ3) is 4.08. The highest BCUT2D eigenvalue weighted by Gasteiger charge is 2.11. The number of hydrogen-bond acceptors (Lipinski definition) is 4. The molecule has 1 aromatic carbocycles. The highest BCUT2D eigenvalue weighted by Crippen LogP contribution is 2.22. The second-order valence-corrected chi connectivity index (χ2v) is 6.00. The zero-order valence-electron chi connectivity index (χ0n) is 12.1. The van der Waals surface area contributed by atoms with Crippen LogP contribution in [-0.2, 0) is 13.0 Å². The molecule has 108 valence electrons. The molecule has 0 aliphatic rings. The van der Waals surface area contributed by atoms with Gasteiger partial charge in [0.2, 0.25) is 0 Å². The molecular formula is C15H22N4S. The summed E-state index contributed by atoms with van der Waals surface area (Å²) in [5.74, 6) is 1.88. The van der Waals surface area contributed by atoms with Crippen LogP contribution in [0.4, 0.5) is 0 Å². The number of thioether (sulfide) groups is 1. The summed E-state index contributed by atoms with van der Waals surface area (Å²) >= 11 is 1.81. The number of nitrogens with zero attached hydrogens (tertiary/aromatic N) is 3. The van der Waals surface area contributed by atoms with E-state index in [1.54, 1.807) is 6.33 Å². The zero-order valence-corrected chi connectivity index (χ0v) is 12.9. The van der Waals surface area contributed by atoms with Crippen LogP contribution in [0, 0.1) is 6.92 Å². The van der Waals surface area contributed by atoms with E-state index in [-0.39, 0.29) is 6.04 Å². The van der Waals surface area contributed by atoms with Gasteiger partial charge in [-0.25, -0.2) is 4.98 Å². The third-order valence-electron chi connectivity index (χ3n) is 3.12. The molecular weight excluding hydrogens is 268 g/mol. The topological polar surface area (TPSA) is 56.7 Å². The Labute approximate surface area is 124 Å². The van der Waals surface area contributed by atoms with E-state index < -0.39 is 0 Å². The van der Waals surface area contributed by atoms with Gasteiger partial charge in [-0.3, -0.25) is 4.68 Å². The van der Waals surface area contributed by atoms with E-state index in [0.717, 1.165) is 31.0 Å². The Kier molecular flexibility index (Phi) is 5.61. The van der Waals surface area contributed by atoms with Crippen molar-refractivity contribution < 1.29 is 0 Å². The lowest BCUT2D eigenvalue weighted by Crippen LogP contribution is -2.27. The van der Waals surface area contributed by atoms with Crippen LogP contribution in [0.1, 0.15) is 24.7 Å². The summed E-state index contributed by atoms with van der Waals surface area (Å²) in [5, 5.41) is 4.23. The standard InChI is InChI=1S/C15H22N4S/c1-3-8-19-15(17-11-18-19)9-13(16)10-20-14-7-5-4-6-12(14)2/h4-7,11,13H,3,8-10,16H2,1-2H3. The smallest absolute Gasteiger partial charge is 0.138 e. The van der Waals surface area contributed by atoms with Crippen LogP contribution in [0.3, 0.4) is 0 Å². The molecule has 1 heterocycles. The minimum absolute atomic E-state index is 0.0967. The largest absolute Gasteiger partial charge is 0.327 e. The van der Waals surface area contributed by atoms with Gasteiger partial charge in [-0.05, 0) is 25.0 Å². The van der Waals surface area contributed by atoms with Crippen molar-refractivity contribution in [1.82, 2.24) is 14.8 Å². The second-order valence-electron chi connectivity index (χ2n) is 4.94. The van der Waals surface area contributed by atoms with Crippen molar-refractivity contribution >= 4 is 11.8 Å². The molecule has 0 saturated heterocycles. The van der Waals surface area contributed by atoms with Crippen LogP contribution in [0.25, 0.3) is 0 Å². The van der Waals surface area contributed by atoms with Gasteiger partial charge in [0.05, 0.1) is 0 Å². The summed E-state index contributed by atoms with van der Waals surface area (Å²) in [7, 11) is 0. The maximum absolute atomic E-state index is 6.23. The van der Waals surface area contributed by atoms with E-state index >= 15 is 0 Å². The van der Waals surface area contributed by atoms with E-state index in [1.165, 1.54) is 10.5 Å². The molecule has 4 nitrogen and oxygen atoms in total. The first-order valence-corrected chi connectivity index (χ1v) is 8.00. The summed E-state index contributed by atoms with van der Waals surface area (Å²) in [6, 6.07) is 8.50. The summed E-state index contributed by atoms with van der Waals surface area (Å²) in [6.07, 6.45) is 3.45. The monoisotopic (exact) mass is 290 g/mol. The van der Waals surface area contributed by atoms with E-state index in [2.05, 4.69) is 48.2 Å². The first kappa shape index (κ1) is 15.1. The van der Waals surface area contributed by atoms with E-state index in [0.29, 0.717) is 0 Å². The number of aryl methyl sites for hydroxylation is 2. The predicted molar refractivity (Wildman–Crippen MR) is 83.9 cm³/mol.